The molecular formula is C11H12O2S2. The van der Waals surface area contributed by atoms with Crippen LogP contribution in [0.2, 0.25) is 0 Å². The van der Waals surface area contributed by atoms with Gasteiger partial charge in [0.1, 0.15) is 0 Å². The van der Waals surface area contributed by atoms with E-state index < -0.39 is 0 Å². The van der Waals surface area contributed by atoms with Crippen molar-refractivity contribution in [3.05, 3.63) is 35.9 Å². The molecule has 15 heavy (non-hydrogen) atoms. The Balaban J connectivity index is 2.67. The van der Waals surface area contributed by atoms with Gasteiger partial charge in [-0.15, -0.1) is 25.3 Å². The molecule has 0 aliphatic carbocycles. The zero-order valence-electron chi connectivity index (χ0n) is 8.09. The highest BCUT2D eigenvalue weighted by molar-refractivity contribution is 7.97. The molecule has 1 atom stereocenters. The predicted molar refractivity (Wildman–Crippen MR) is 66.2 cm³/mol. The molecule has 0 spiro atoms. The standard InChI is InChI=1S/C11H12O2S2/c12-10(14)7-9(11(13)15)6-8-4-2-1-3-5-8/h1-5,9H,6-7H2,(H,12,14)(H,13,15). The van der Waals surface area contributed by atoms with E-state index in [9.17, 15) is 9.59 Å². The van der Waals surface area contributed by atoms with Gasteiger partial charge in [-0.05, 0) is 12.0 Å². The Kier molecular flexibility index (Phi) is 4.91. The van der Waals surface area contributed by atoms with Crippen molar-refractivity contribution in [2.45, 2.75) is 12.8 Å². The summed E-state index contributed by atoms with van der Waals surface area (Å²) in [4.78, 5) is 22.0. The molecule has 0 radical (unpaired) electrons. The summed E-state index contributed by atoms with van der Waals surface area (Å²) in [6.07, 6.45) is 0.676. The first-order valence-electron chi connectivity index (χ1n) is 4.58. The van der Waals surface area contributed by atoms with E-state index in [2.05, 4.69) is 25.3 Å². The van der Waals surface area contributed by atoms with Crippen LogP contribution < -0.4 is 0 Å². The highest BCUT2D eigenvalue weighted by atomic mass is 32.1. The Morgan fingerprint density at radius 3 is 2.20 bits per heavy atom. The van der Waals surface area contributed by atoms with Crippen molar-refractivity contribution in [2.75, 3.05) is 0 Å². The van der Waals surface area contributed by atoms with Crippen molar-refractivity contribution >= 4 is 35.5 Å². The summed E-state index contributed by atoms with van der Waals surface area (Å²) in [6, 6.07) is 9.56. The Hall–Kier alpha value is -0.740. The van der Waals surface area contributed by atoms with E-state index in [0.717, 1.165) is 5.56 Å². The number of hydrogen-bond donors (Lipinski definition) is 2. The summed E-state index contributed by atoms with van der Waals surface area (Å²) in [5.74, 6) is -0.374. The summed E-state index contributed by atoms with van der Waals surface area (Å²) in [5.41, 5.74) is 1.03. The highest BCUT2D eigenvalue weighted by Gasteiger charge is 2.17. The normalized spacial score (nSPS) is 12.1. The van der Waals surface area contributed by atoms with Crippen molar-refractivity contribution in [2.24, 2.45) is 5.92 Å². The summed E-state index contributed by atoms with van der Waals surface area (Å²) in [7, 11) is 0. The van der Waals surface area contributed by atoms with Crippen LogP contribution in [0.15, 0.2) is 30.3 Å². The van der Waals surface area contributed by atoms with Crippen LogP contribution in [-0.2, 0) is 16.0 Å². The average Bonchev–Trinajstić information content (AvgIpc) is 2.17. The first-order chi connectivity index (χ1) is 7.09. The lowest BCUT2D eigenvalue weighted by Crippen LogP contribution is -2.14. The lowest BCUT2D eigenvalue weighted by atomic mass is 9.98. The fraction of sp³-hybridized carbons (Fsp3) is 0.273. The van der Waals surface area contributed by atoms with Crippen LogP contribution in [0.1, 0.15) is 12.0 Å². The minimum atomic E-state index is -0.374. The van der Waals surface area contributed by atoms with Crippen LogP contribution in [0.25, 0.3) is 0 Å². The summed E-state index contributed by atoms with van der Waals surface area (Å²) >= 11 is 7.45. The van der Waals surface area contributed by atoms with E-state index in [-0.39, 0.29) is 22.6 Å². The number of hydrogen-bond acceptors (Lipinski definition) is 2. The molecule has 0 aliphatic rings. The zero-order chi connectivity index (χ0) is 11.3. The van der Waals surface area contributed by atoms with Crippen LogP contribution >= 0.6 is 25.3 Å². The smallest absolute Gasteiger partial charge is 0.189 e. The maximum atomic E-state index is 11.2. The molecule has 0 bridgehead atoms. The topological polar surface area (TPSA) is 34.1 Å². The van der Waals surface area contributed by atoms with Gasteiger partial charge in [-0.1, -0.05) is 30.3 Å². The van der Waals surface area contributed by atoms with E-state index in [0.29, 0.717) is 6.42 Å². The number of carbonyl (C=O) groups excluding carboxylic acids is 2. The number of thiol groups is 2. The van der Waals surface area contributed by atoms with Crippen LogP contribution in [0, 0.1) is 5.92 Å². The van der Waals surface area contributed by atoms with E-state index in [4.69, 9.17) is 0 Å². The largest absolute Gasteiger partial charge is 0.287 e. The highest BCUT2D eigenvalue weighted by Crippen LogP contribution is 2.16. The molecule has 1 aromatic rings. The lowest BCUT2D eigenvalue weighted by molar-refractivity contribution is -0.118. The van der Waals surface area contributed by atoms with Gasteiger partial charge in [-0.3, -0.25) is 9.59 Å². The molecule has 0 N–H and O–H groups in total. The van der Waals surface area contributed by atoms with Crippen molar-refractivity contribution in [3.63, 3.8) is 0 Å². The molecule has 0 heterocycles. The molecule has 0 saturated heterocycles. The number of carbonyl (C=O) groups is 2. The minimum absolute atomic E-state index is 0.139. The van der Waals surface area contributed by atoms with Crippen LogP contribution in [-0.4, -0.2) is 10.2 Å². The third-order valence-corrected chi connectivity index (χ3v) is 2.64. The maximum Gasteiger partial charge on any atom is 0.189 e. The second kappa shape index (κ2) is 5.98. The Morgan fingerprint density at radius 1 is 1.13 bits per heavy atom. The Morgan fingerprint density at radius 2 is 1.73 bits per heavy atom. The number of rotatable bonds is 5. The molecule has 0 saturated carbocycles. The van der Waals surface area contributed by atoms with Crippen molar-refractivity contribution in [3.8, 4) is 0 Å². The van der Waals surface area contributed by atoms with E-state index in [1.165, 1.54) is 0 Å². The second-order valence-corrected chi connectivity index (χ2v) is 4.26. The average molecular weight is 240 g/mol. The molecule has 2 nitrogen and oxygen atoms in total. The number of benzene rings is 1. The molecule has 0 aromatic heterocycles. The van der Waals surface area contributed by atoms with E-state index >= 15 is 0 Å². The van der Waals surface area contributed by atoms with Gasteiger partial charge in [-0.25, -0.2) is 0 Å². The molecule has 1 rings (SSSR count). The van der Waals surface area contributed by atoms with Gasteiger partial charge in [0.15, 0.2) is 10.2 Å². The quantitative estimate of drug-likeness (QED) is 0.773. The zero-order valence-corrected chi connectivity index (χ0v) is 9.88. The third kappa shape index (κ3) is 4.53. The van der Waals surface area contributed by atoms with Gasteiger partial charge in [0.2, 0.25) is 0 Å². The van der Waals surface area contributed by atoms with Gasteiger partial charge in [-0.2, -0.15) is 0 Å². The molecule has 4 heteroatoms. The maximum absolute atomic E-state index is 11.2. The fourth-order valence-electron chi connectivity index (χ4n) is 1.36. The van der Waals surface area contributed by atoms with Crippen molar-refractivity contribution in [1.82, 2.24) is 0 Å². The summed E-state index contributed by atoms with van der Waals surface area (Å²) in [6.45, 7) is 0. The second-order valence-electron chi connectivity index (χ2n) is 3.32. The first-order valence-corrected chi connectivity index (χ1v) is 5.47. The fourth-order valence-corrected chi connectivity index (χ4v) is 1.76. The third-order valence-electron chi connectivity index (χ3n) is 2.10. The van der Waals surface area contributed by atoms with Gasteiger partial charge < -0.3 is 0 Å². The molecule has 0 aliphatic heterocycles. The summed E-state index contributed by atoms with van der Waals surface area (Å²) in [5, 5.41) is -0.542. The minimum Gasteiger partial charge on any atom is -0.287 e. The summed E-state index contributed by atoms with van der Waals surface area (Å²) < 4.78 is 0. The van der Waals surface area contributed by atoms with Crippen molar-refractivity contribution in [1.29, 1.82) is 0 Å². The molecule has 80 valence electrons. The predicted octanol–water partition coefficient (Wildman–Crippen LogP) is 2.15. The Bertz CT molecular complexity index is 349. The molecule has 0 amide bonds. The molecule has 0 fully saturated rings. The SMILES string of the molecule is O=C(S)CC(Cc1ccccc1)C(=O)S. The van der Waals surface area contributed by atoms with Gasteiger partial charge in [0, 0.05) is 12.3 Å². The van der Waals surface area contributed by atoms with Gasteiger partial charge in [0.25, 0.3) is 0 Å². The van der Waals surface area contributed by atoms with E-state index in [1.54, 1.807) is 0 Å². The van der Waals surface area contributed by atoms with Crippen molar-refractivity contribution < 1.29 is 9.59 Å². The molecule has 1 aromatic carbocycles. The lowest BCUT2D eigenvalue weighted by Gasteiger charge is -2.10. The Labute approximate surface area is 99.9 Å². The first kappa shape index (κ1) is 12.3. The van der Waals surface area contributed by atoms with Crippen LogP contribution in [0.5, 0.6) is 0 Å². The van der Waals surface area contributed by atoms with E-state index in [1.807, 2.05) is 30.3 Å². The van der Waals surface area contributed by atoms with Crippen LogP contribution in [0.4, 0.5) is 0 Å². The molecular weight excluding hydrogens is 228 g/mol. The monoisotopic (exact) mass is 240 g/mol. The molecule has 1 unspecified atom stereocenters. The van der Waals surface area contributed by atoms with Gasteiger partial charge >= 0.3 is 0 Å². The van der Waals surface area contributed by atoms with Crippen LogP contribution in [0.3, 0.4) is 0 Å². The van der Waals surface area contributed by atoms with Gasteiger partial charge in [0.05, 0.1) is 0 Å².